The first-order valence-corrected chi connectivity index (χ1v) is 9.13. The number of carbonyl (C=O) groups excluding carboxylic acids is 1. The van der Waals surface area contributed by atoms with Crippen molar-refractivity contribution in [2.45, 2.75) is 19.4 Å². The van der Waals surface area contributed by atoms with Crippen LogP contribution in [0.15, 0.2) is 54.7 Å². The van der Waals surface area contributed by atoms with E-state index in [2.05, 4.69) is 10.4 Å². The average molecular weight is 385 g/mol. The van der Waals surface area contributed by atoms with E-state index in [1.54, 1.807) is 34.0 Å². The van der Waals surface area contributed by atoms with Gasteiger partial charge in [-0.2, -0.15) is 5.10 Å². The number of hydrogen-bond acceptors (Lipinski definition) is 2. The van der Waals surface area contributed by atoms with Gasteiger partial charge < -0.3 is 5.32 Å². The maximum Gasteiger partial charge on any atom is 0.322 e. The molecule has 7 heteroatoms. The molecule has 2 amide bonds. The molecule has 4 rings (SSSR count). The number of benzene rings is 2. The number of rotatable bonds is 3. The van der Waals surface area contributed by atoms with Crippen LogP contribution in [0.1, 0.15) is 17.7 Å². The van der Waals surface area contributed by atoms with Crippen LogP contribution in [0.25, 0.3) is 5.69 Å². The summed E-state index contributed by atoms with van der Waals surface area (Å²) in [7, 11) is 0. The quantitative estimate of drug-likeness (QED) is 0.730. The van der Waals surface area contributed by atoms with E-state index in [4.69, 9.17) is 11.6 Å². The number of nitrogens with zero attached hydrogens (tertiary/aromatic N) is 3. The second-order valence-electron chi connectivity index (χ2n) is 6.37. The maximum atomic E-state index is 13.2. The molecule has 1 aliphatic heterocycles. The lowest BCUT2D eigenvalue weighted by atomic mass is 10.1. The van der Waals surface area contributed by atoms with E-state index in [0.29, 0.717) is 18.1 Å². The minimum Gasteiger partial charge on any atom is -0.334 e. The zero-order valence-corrected chi connectivity index (χ0v) is 15.3. The summed E-state index contributed by atoms with van der Waals surface area (Å²) < 4.78 is 15.0. The number of aromatic nitrogens is 2. The SMILES string of the molecule is O=C(NCc1ccccc1Cl)N1CCCc2c1cnn2-c1ccc(F)cc1. The molecular weight excluding hydrogens is 367 g/mol. The van der Waals surface area contributed by atoms with Gasteiger partial charge in [0.1, 0.15) is 5.82 Å². The Morgan fingerprint density at radius 1 is 1.19 bits per heavy atom. The molecule has 0 atom stereocenters. The van der Waals surface area contributed by atoms with Crippen LogP contribution in [0, 0.1) is 5.82 Å². The Labute approximate surface area is 161 Å². The van der Waals surface area contributed by atoms with E-state index in [1.807, 2.05) is 18.2 Å². The Balaban J connectivity index is 1.54. The monoisotopic (exact) mass is 384 g/mol. The first kappa shape index (κ1) is 17.5. The average Bonchev–Trinajstić information content (AvgIpc) is 3.12. The number of halogens is 2. The fourth-order valence-corrected chi connectivity index (χ4v) is 3.48. The van der Waals surface area contributed by atoms with E-state index in [9.17, 15) is 9.18 Å². The highest BCUT2D eigenvalue weighted by Gasteiger charge is 2.26. The summed E-state index contributed by atoms with van der Waals surface area (Å²) in [4.78, 5) is 14.4. The lowest BCUT2D eigenvalue weighted by Gasteiger charge is -2.27. The number of anilines is 1. The van der Waals surface area contributed by atoms with Gasteiger partial charge in [0.05, 0.1) is 23.3 Å². The zero-order chi connectivity index (χ0) is 18.8. The van der Waals surface area contributed by atoms with Crippen molar-refractivity contribution >= 4 is 23.3 Å². The van der Waals surface area contributed by atoms with Gasteiger partial charge in [-0.25, -0.2) is 13.9 Å². The van der Waals surface area contributed by atoms with Crippen molar-refractivity contribution in [3.05, 3.63) is 76.8 Å². The molecule has 0 spiro atoms. The molecule has 1 aliphatic rings. The molecule has 0 aliphatic carbocycles. The summed E-state index contributed by atoms with van der Waals surface area (Å²) in [5.74, 6) is -0.291. The Morgan fingerprint density at radius 2 is 1.96 bits per heavy atom. The Bertz CT molecular complexity index is 970. The number of carbonyl (C=O) groups is 1. The lowest BCUT2D eigenvalue weighted by Crippen LogP contribution is -2.42. The van der Waals surface area contributed by atoms with Crippen LogP contribution in [-0.2, 0) is 13.0 Å². The van der Waals surface area contributed by atoms with Gasteiger partial charge in [0.15, 0.2) is 0 Å². The smallest absolute Gasteiger partial charge is 0.322 e. The van der Waals surface area contributed by atoms with E-state index < -0.39 is 0 Å². The van der Waals surface area contributed by atoms with Crippen molar-refractivity contribution in [3.63, 3.8) is 0 Å². The summed E-state index contributed by atoms with van der Waals surface area (Å²) >= 11 is 6.15. The predicted molar refractivity (Wildman–Crippen MR) is 103 cm³/mol. The molecule has 27 heavy (non-hydrogen) atoms. The molecule has 0 unspecified atom stereocenters. The second kappa shape index (κ2) is 7.40. The Hall–Kier alpha value is -2.86. The van der Waals surface area contributed by atoms with Crippen molar-refractivity contribution in [2.75, 3.05) is 11.4 Å². The largest absolute Gasteiger partial charge is 0.334 e. The molecule has 5 nitrogen and oxygen atoms in total. The molecule has 0 fully saturated rings. The third kappa shape index (κ3) is 3.53. The fourth-order valence-electron chi connectivity index (χ4n) is 3.27. The summed E-state index contributed by atoms with van der Waals surface area (Å²) in [5, 5.41) is 7.96. The van der Waals surface area contributed by atoms with Crippen molar-refractivity contribution < 1.29 is 9.18 Å². The summed E-state index contributed by atoms with van der Waals surface area (Å²) in [6.07, 6.45) is 3.33. The zero-order valence-electron chi connectivity index (χ0n) is 14.5. The first-order valence-electron chi connectivity index (χ1n) is 8.75. The molecule has 0 radical (unpaired) electrons. The van der Waals surface area contributed by atoms with Gasteiger partial charge in [0.25, 0.3) is 0 Å². The highest BCUT2D eigenvalue weighted by Crippen LogP contribution is 2.29. The number of urea groups is 1. The highest BCUT2D eigenvalue weighted by atomic mass is 35.5. The van der Waals surface area contributed by atoms with Crippen LogP contribution in [0.4, 0.5) is 14.9 Å². The second-order valence-corrected chi connectivity index (χ2v) is 6.78. The van der Waals surface area contributed by atoms with Crippen LogP contribution in [0.5, 0.6) is 0 Å². The van der Waals surface area contributed by atoms with Gasteiger partial charge in [-0.15, -0.1) is 0 Å². The van der Waals surface area contributed by atoms with E-state index in [-0.39, 0.29) is 11.8 Å². The molecule has 0 saturated carbocycles. The van der Waals surface area contributed by atoms with Gasteiger partial charge in [0, 0.05) is 18.1 Å². The summed E-state index contributed by atoms with van der Waals surface area (Å²) in [6, 6.07) is 13.4. The van der Waals surface area contributed by atoms with Gasteiger partial charge >= 0.3 is 6.03 Å². The van der Waals surface area contributed by atoms with E-state index in [0.717, 1.165) is 35.5 Å². The molecule has 0 bridgehead atoms. The summed E-state index contributed by atoms with van der Waals surface area (Å²) in [5.41, 5.74) is 3.37. The van der Waals surface area contributed by atoms with E-state index >= 15 is 0 Å². The molecule has 138 valence electrons. The van der Waals surface area contributed by atoms with Crippen molar-refractivity contribution in [2.24, 2.45) is 0 Å². The first-order chi connectivity index (χ1) is 13.1. The van der Waals surface area contributed by atoms with E-state index in [1.165, 1.54) is 12.1 Å². The van der Waals surface area contributed by atoms with Crippen LogP contribution >= 0.6 is 11.6 Å². The van der Waals surface area contributed by atoms with Crippen LogP contribution < -0.4 is 10.2 Å². The maximum absolute atomic E-state index is 13.2. The summed E-state index contributed by atoms with van der Waals surface area (Å²) in [6.45, 7) is 0.979. The molecule has 2 aromatic carbocycles. The number of fused-ring (bicyclic) bond motifs is 1. The number of hydrogen-bond donors (Lipinski definition) is 1. The number of amides is 2. The molecule has 2 heterocycles. The Kier molecular flexibility index (Phi) is 4.81. The number of nitrogens with one attached hydrogen (secondary N) is 1. The van der Waals surface area contributed by atoms with Crippen LogP contribution in [-0.4, -0.2) is 22.4 Å². The third-order valence-electron chi connectivity index (χ3n) is 4.64. The molecular formula is C20H18ClFN4O. The highest BCUT2D eigenvalue weighted by molar-refractivity contribution is 6.31. The predicted octanol–water partition coefficient (Wildman–Crippen LogP) is 4.33. The van der Waals surface area contributed by atoms with Gasteiger partial charge in [-0.3, -0.25) is 4.90 Å². The van der Waals surface area contributed by atoms with Gasteiger partial charge in [-0.05, 0) is 48.7 Å². The van der Waals surface area contributed by atoms with Gasteiger partial charge in [-0.1, -0.05) is 29.8 Å². The molecule has 0 saturated heterocycles. The topological polar surface area (TPSA) is 50.2 Å². The molecule has 1 N–H and O–H groups in total. The van der Waals surface area contributed by atoms with Crippen molar-refractivity contribution in [1.29, 1.82) is 0 Å². The van der Waals surface area contributed by atoms with Crippen molar-refractivity contribution in [3.8, 4) is 5.69 Å². The standard InChI is InChI=1S/C20H18ClFN4O/c21-17-5-2-1-4-14(17)12-23-20(27)25-11-3-6-18-19(25)13-24-26(18)16-9-7-15(22)8-10-16/h1-2,4-5,7-10,13H,3,6,11-12H2,(H,23,27). The minimum atomic E-state index is -0.291. The third-order valence-corrected chi connectivity index (χ3v) is 5.01. The van der Waals surface area contributed by atoms with Crippen molar-refractivity contribution in [1.82, 2.24) is 15.1 Å². The van der Waals surface area contributed by atoms with Crippen LogP contribution in [0.3, 0.4) is 0 Å². The minimum absolute atomic E-state index is 0.186. The van der Waals surface area contributed by atoms with Gasteiger partial charge in [0.2, 0.25) is 0 Å². The lowest BCUT2D eigenvalue weighted by molar-refractivity contribution is 0.245. The normalized spacial score (nSPS) is 13.3. The Morgan fingerprint density at radius 3 is 2.74 bits per heavy atom. The molecule has 3 aromatic rings. The van der Waals surface area contributed by atoms with Crippen LogP contribution in [0.2, 0.25) is 5.02 Å². The fraction of sp³-hybridized carbons (Fsp3) is 0.200. The molecule has 1 aromatic heterocycles.